The van der Waals surface area contributed by atoms with E-state index in [9.17, 15) is 0 Å². The molecule has 0 saturated heterocycles. The molecule has 0 aromatic heterocycles. The summed E-state index contributed by atoms with van der Waals surface area (Å²) >= 11 is 0. The van der Waals surface area contributed by atoms with Gasteiger partial charge >= 0.3 is 0 Å². The number of rotatable bonds is 6. The highest BCUT2D eigenvalue weighted by atomic mass is 16.5. The number of hydrogen-bond acceptors (Lipinski definition) is 2. The van der Waals surface area contributed by atoms with Crippen molar-refractivity contribution in [3.05, 3.63) is 77.4 Å². The Morgan fingerprint density at radius 2 is 1.76 bits per heavy atom. The van der Waals surface area contributed by atoms with Crippen LogP contribution in [0.4, 0.5) is 0 Å². The Kier molecular flexibility index (Phi) is 5.18. The highest BCUT2D eigenvalue weighted by Gasteiger charge is 2.11. The molecule has 110 valence electrons. The lowest BCUT2D eigenvalue weighted by Gasteiger charge is -2.17. The second kappa shape index (κ2) is 7.09. The molecule has 2 rings (SSSR count). The van der Waals surface area contributed by atoms with E-state index < -0.39 is 0 Å². The van der Waals surface area contributed by atoms with Gasteiger partial charge in [0.05, 0.1) is 0 Å². The molecule has 0 unspecified atom stereocenters. The summed E-state index contributed by atoms with van der Waals surface area (Å²) in [6, 6.07) is 14.4. The lowest BCUT2D eigenvalue weighted by molar-refractivity contribution is 0.302. The van der Waals surface area contributed by atoms with E-state index in [2.05, 4.69) is 44.7 Å². The van der Waals surface area contributed by atoms with Gasteiger partial charge in [0.25, 0.3) is 0 Å². The van der Waals surface area contributed by atoms with Crippen LogP contribution < -0.4 is 10.5 Å². The van der Waals surface area contributed by atoms with Crippen molar-refractivity contribution in [3.8, 4) is 5.75 Å². The quantitative estimate of drug-likeness (QED) is 0.793. The minimum atomic E-state index is 0.00285. The standard InChI is InChI=1S/C19H23NO/c1-4-8-18(20)17-11-14(2)19(15(3)12-17)21-13-16-9-6-5-7-10-16/h4-7,9-12,18H,1,8,13,20H2,2-3H3/t18-/m1/s1. The summed E-state index contributed by atoms with van der Waals surface area (Å²) in [6.07, 6.45) is 2.64. The fourth-order valence-electron chi connectivity index (χ4n) is 2.47. The van der Waals surface area contributed by atoms with Crippen LogP contribution in [0.2, 0.25) is 0 Å². The van der Waals surface area contributed by atoms with Crippen LogP contribution in [0.25, 0.3) is 0 Å². The lowest BCUT2D eigenvalue weighted by Crippen LogP contribution is -2.10. The molecular formula is C19H23NO. The molecule has 2 aromatic rings. The van der Waals surface area contributed by atoms with E-state index in [1.807, 2.05) is 24.3 Å². The fraction of sp³-hybridized carbons (Fsp3) is 0.263. The van der Waals surface area contributed by atoms with E-state index >= 15 is 0 Å². The predicted molar refractivity (Wildman–Crippen MR) is 88.4 cm³/mol. The van der Waals surface area contributed by atoms with E-state index in [1.54, 1.807) is 0 Å². The largest absolute Gasteiger partial charge is 0.488 e. The van der Waals surface area contributed by atoms with Crippen LogP contribution in [0.15, 0.2) is 55.1 Å². The molecule has 2 heteroatoms. The molecule has 0 spiro atoms. The predicted octanol–water partition coefficient (Wildman–Crippen LogP) is 4.46. The van der Waals surface area contributed by atoms with Crippen LogP contribution in [0.5, 0.6) is 5.75 Å². The Morgan fingerprint density at radius 3 is 2.33 bits per heavy atom. The molecule has 21 heavy (non-hydrogen) atoms. The zero-order valence-corrected chi connectivity index (χ0v) is 12.8. The van der Waals surface area contributed by atoms with Gasteiger partial charge in [-0.05, 0) is 42.5 Å². The first-order valence-electron chi connectivity index (χ1n) is 7.26. The molecule has 0 fully saturated rings. The molecule has 0 bridgehead atoms. The van der Waals surface area contributed by atoms with Gasteiger partial charge in [0, 0.05) is 6.04 Å². The van der Waals surface area contributed by atoms with Gasteiger partial charge in [-0.3, -0.25) is 0 Å². The van der Waals surface area contributed by atoms with Gasteiger partial charge in [-0.15, -0.1) is 6.58 Å². The van der Waals surface area contributed by atoms with Crippen molar-refractivity contribution in [2.24, 2.45) is 5.73 Å². The Bertz CT molecular complexity index is 581. The molecule has 0 heterocycles. The van der Waals surface area contributed by atoms with Crippen molar-refractivity contribution in [2.45, 2.75) is 32.9 Å². The summed E-state index contributed by atoms with van der Waals surface area (Å²) in [5, 5.41) is 0. The molecule has 0 saturated carbocycles. The van der Waals surface area contributed by atoms with E-state index in [4.69, 9.17) is 10.5 Å². The lowest BCUT2D eigenvalue weighted by atomic mass is 9.99. The summed E-state index contributed by atoms with van der Waals surface area (Å²) in [5.41, 5.74) is 10.7. The minimum Gasteiger partial charge on any atom is -0.488 e. The van der Waals surface area contributed by atoms with Gasteiger partial charge in [-0.2, -0.15) is 0 Å². The molecule has 0 amide bonds. The average molecular weight is 281 g/mol. The van der Waals surface area contributed by atoms with Crippen LogP contribution in [0.3, 0.4) is 0 Å². The van der Waals surface area contributed by atoms with Gasteiger partial charge < -0.3 is 10.5 Å². The van der Waals surface area contributed by atoms with Crippen molar-refractivity contribution in [3.63, 3.8) is 0 Å². The van der Waals surface area contributed by atoms with Gasteiger partial charge in [0.2, 0.25) is 0 Å². The maximum Gasteiger partial charge on any atom is 0.125 e. The zero-order chi connectivity index (χ0) is 15.2. The number of benzene rings is 2. The van der Waals surface area contributed by atoms with Gasteiger partial charge in [0.1, 0.15) is 12.4 Å². The molecule has 2 nitrogen and oxygen atoms in total. The smallest absolute Gasteiger partial charge is 0.125 e. The monoisotopic (exact) mass is 281 g/mol. The van der Waals surface area contributed by atoms with Gasteiger partial charge in [0.15, 0.2) is 0 Å². The Labute approximate surface area is 127 Å². The fourth-order valence-corrected chi connectivity index (χ4v) is 2.47. The highest BCUT2D eigenvalue weighted by Crippen LogP contribution is 2.28. The summed E-state index contributed by atoms with van der Waals surface area (Å²) < 4.78 is 5.99. The van der Waals surface area contributed by atoms with Crippen LogP contribution in [-0.4, -0.2) is 0 Å². The van der Waals surface area contributed by atoms with Crippen LogP contribution in [-0.2, 0) is 6.61 Å². The average Bonchev–Trinajstić information content (AvgIpc) is 2.47. The summed E-state index contributed by atoms with van der Waals surface area (Å²) in [7, 11) is 0. The van der Waals surface area contributed by atoms with Crippen LogP contribution in [0.1, 0.15) is 34.7 Å². The van der Waals surface area contributed by atoms with Crippen molar-refractivity contribution in [1.29, 1.82) is 0 Å². The maximum absolute atomic E-state index is 6.15. The molecule has 2 aromatic carbocycles. The molecule has 2 N–H and O–H groups in total. The number of ether oxygens (including phenoxy) is 1. The molecule has 0 aliphatic carbocycles. The first-order chi connectivity index (χ1) is 10.1. The third kappa shape index (κ3) is 3.96. The molecule has 0 radical (unpaired) electrons. The third-order valence-electron chi connectivity index (χ3n) is 3.56. The van der Waals surface area contributed by atoms with Crippen molar-refractivity contribution < 1.29 is 4.74 Å². The summed E-state index contributed by atoms with van der Waals surface area (Å²) in [6.45, 7) is 8.46. The minimum absolute atomic E-state index is 0.00285. The van der Waals surface area contributed by atoms with E-state index in [0.717, 1.165) is 28.9 Å². The summed E-state index contributed by atoms with van der Waals surface area (Å²) in [5.74, 6) is 0.952. The SMILES string of the molecule is C=CC[C@@H](N)c1cc(C)c(OCc2ccccc2)c(C)c1. The van der Waals surface area contributed by atoms with E-state index in [1.165, 1.54) is 5.56 Å². The molecule has 0 aliphatic rings. The zero-order valence-electron chi connectivity index (χ0n) is 12.8. The van der Waals surface area contributed by atoms with Crippen molar-refractivity contribution in [1.82, 2.24) is 0 Å². The Hall–Kier alpha value is -2.06. The van der Waals surface area contributed by atoms with Crippen molar-refractivity contribution in [2.75, 3.05) is 0 Å². The topological polar surface area (TPSA) is 35.2 Å². The van der Waals surface area contributed by atoms with E-state index in [0.29, 0.717) is 6.61 Å². The number of aryl methyl sites for hydroxylation is 2. The number of nitrogens with two attached hydrogens (primary N) is 1. The summed E-state index contributed by atoms with van der Waals surface area (Å²) in [4.78, 5) is 0. The molecular weight excluding hydrogens is 258 g/mol. The maximum atomic E-state index is 6.15. The molecule has 0 aliphatic heterocycles. The van der Waals surface area contributed by atoms with E-state index in [-0.39, 0.29) is 6.04 Å². The Morgan fingerprint density at radius 1 is 1.14 bits per heavy atom. The molecule has 1 atom stereocenters. The first kappa shape index (κ1) is 15.3. The van der Waals surface area contributed by atoms with Gasteiger partial charge in [-0.25, -0.2) is 0 Å². The normalized spacial score (nSPS) is 12.0. The van der Waals surface area contributed by atoms with Crippen molar-refractivity contribution >= 4 is 0 Å². The Balaban J connectivity index is 2.15. The second-order valence-corrected chi connectivity index (χ2v) is 5.39. The first-order valence-corrected chi connectivity index (χ1v) is 7.26. The number of hydrogen-bond donors (Lipinski definition) is 1. The van der Waals surface area contributed by atoms with Crippen LogP contribution in [0, 0.1) is 13.8 Å². The third-order valence-corrected chi connectivity index (χ3v) is 3.56. The van der Waals surface area contributed by atoms with Gasteiger partial charge in [-0.1, -0.05) is 48.5 Å². The second-order valence-electron chi connectivity index (χ2n) is 5.39. The highest BCUT2D eigenvalue weighted by molar-refractivity contribution is 5.44. The van der Waals surface area contributed by atoms with Crippen LogP contribution >= 0.6 is 0 Å².